The fourth-order valence-corrected chi connectivity index (χ4v) is 3.22. The van der Waals surface area contributed by atoms with Crippen molar-refractivity contribution in [1.82, 2.24) is 10.2 Å². The topological polar surface area (TPSA) is 32.3 Å². The van der Waals surface area contributed by atoms with Crippen LogP contribution in [0.4, 0.5) is 0 Å². The largest absolute Gasteiger partial charge is 0.343 e. The van der Waals surface area contributed by atoms with Gasteiger partial charge in [-0.05, 0) is 50.1 Å². The van der Waals surface area contributed by atoms with E-state index in [-0.39, 0.29) is 0 Å². The summed E-state index contributed by atoms with van der Waals surface area (Å²) in [5, 5.41) is 3.24. The fraction of sp³-hybridized carbons (Fsp3) is 0.938. The van der Waals surface area contributed by atoms with Crippen molar-refractivity contribution in [3.8, 4) is 0 Å². The van der Waals surface area contributed by atoms with E-state index in [1.54, 1.807) is 0 Å². The van der Waals surface area contributed by atoms with E-state index >= 15 is 0 Å². The normalized spacial score (nSPS) is 19.5. The molecule has 0 bridgehead atoms. The zero-order chi connectivity index (χ0) is 14.5. The first kappa shape index (κ1) is 16.5. The van der Waals surface area contributed by atoms with Gasteiger partial charge in [0, 0.05) is 19.5 Å². The van der Waals surface area contributed by atoms with Crippen molar-refractivity contribution in [3.05, 3.63) is 0 Å². The summed E-state index contributed by atoms with van der Waals surface area (Å²) in [6.07, 6.45) is 4.14. The number of piperidine rings is 1. The van der Waals surface area contributed by atoms with Crippen molar-refractivity contribution in [3.63, 3.8) is 0 Å². The maximum atomic E-state index is 12.3. The lowest BCUT2D eigenvalue weighted by atomic mass is 9.84. The molecule has 19 heavy (non-hydrogen) atoms. The third-order valence-corrected chi connectivity index (χ3v) is 3.94. The molecule has 0 saturated carbocycles. The predicted octanol–water partition coefficient (Wildman–Crippen LogP) is 2.91. The lowest BCUT2D eigenvalue weighted by molar-refractivity contribution is -0.133. The highest BCUT2D eigenvalue weighted by Crippen LogP contribution is 2.27. The highest BCUT2D eigenvalue weighted by atomic mass is 16.2. The van der Waals surface area contributed by atoms with Gasteiger partial charge in [0.1, 0.15) is 0 Å². The number of carbonyl (C=O) groups excluding carboxylic acids is 1. The van der Waals surface area contributed by atoms with E-state index in [0.29, 0.717) is 23.7 Å². The SMILES string of the molecule is CNCC1CCN(C(=O)CC(C)CC(C)(C)C)CC1. The van der Waals surface area contributed by atoms with E-state index in [0.717, 1.165) is 44.8 Å². The van der Waals surface area contributed by atoms with Gasteiger partial charge >= 0.3 is 0 Å². The Morgan fingerprint density at radius 1 is 1.32 bits per heavy atom. The van der Waals surface area contributed by atoms with Gasteiger partial charge < -0.3 is 10.2 Å². The van der Waals surface area contributed by atoms with Crippen molar-refractivity contribution in [2.75, 3.05) is 26.7 Å². The fourth-order valence-electron chi connectivity index (χ4n) is 3.22. The number of hydrogen-bond donors (Lipinski definition) is 1. The van der Waals surface area contributed by atoms with Crippen LogP contribution in [0.3, 0.4) is 0 Å². The Morgan fingerprint density at radius 2 is 1.89 bits per heavy atom. The molecule has 112 valence electrons. The smallest absolute Gasteiger partial charge is 0.222 e. The van der Waals surface area contributed by atoms with Crippen LogP contribution in [-0.2, 0) is 4.79 Å². The molecule has 0 aromatic carbocycles. The van der Waals surface area contributed by atoms with Crippen molar-refractivity contribution in [2.24, 2.45) is 17.3 Å². The van der Waals surface area contributed by atoms with Crippen molar-refractivity contribution >= 4 is 5.91 Å². The minimum atomic E-state index is 0.319. The van der Waals surface area contributed by atoms with Gasteiger partial charge in [0.15, 0.2) is 0 Å². The maximum absolute atomic E-state index is 12.3. The summed E-state index contributed by atoms with van der Waals surface area (Å²) in [6, 6.07) is 0. The zero-order valence-electron chi connectivity index (χ0n) is 13.5. The summed E-state index contributed by atoms with van der Waals surface area (Å²) in [5.74, 6) is 1.60. The van der Waals surface area contributed by atoms with Crippen LogP contribution in [0.2, 0.25) is 0 Å². The van der Waals surface area contributed by atoms with Crippen LogP contribution in [0.15, 0.2) is 0 Å². The first-order chi connectivity index (χ1) is 8.81. The van der Waals surface area contributed by atoms with Crippen molar-refractivity contribution in [2.45, 2.75) is 53.4 Å². The highest BCUT2D eigenvalue weighted by Gasteiger charge is 2.24. The number of carbonyl (C=O) groups is 1. The predicted molar refractivity (Wildman–Crippen MR) is 81.1 cm³/mol. The van der Waals surface area contributed by atoms with E-state index in [1.165, 1.54) is 0 Å². The zero-order valence-corrected chi connectivity index (χ0v) is 13.5. The van der Waals surface area contributed by atoms with Gasteiger partial charge in [0.2, 0.25) is 5.91 Å². The molecule has 1 amide bonds. The van der Waals surface area contributed by atoms with E-state index in [1.807, 2.05) is 7.05 Å². The summed E-state index contributed by atoms with van der Waals surface area (Å²) in [5.41, 5.74) is 0.319. The standard InChI is InChI=1S/C16H32N2O/c1-13(11-16(2,3)4)10-15(19)18-8-6-14(7-9-18)12-17-5/h13-14,17H,6-12H2,1-5H3. The van der Waals surface area contributed by atoms with Crippen LogP contribution in [0, 0.1) is 17.3 Å². The van der Waals surface area contributed by atoms with Crippen LogP contribution in [-0.4, -0.2) is 37.5 Å². The number of rotatable bonds is 5. The van der Waals surface area contributed by atoms with Crippen LogP contribution in [0.5, 0.6) is 0 Å². The van der Waals surface area contributed by atoms with Gasteiger partial charge in [-0.1, -0.05) is 27.7 Å². The Kier molecular flexibility index (Phi) is 6.31. The minimum Gasteiger partial charge on any atom is -0.343 e. The molecule has 0 radical (unpaired) electrons. The number of nitrogens with one attached hydrogen (secondary N) is 1. The molecular formula is C16H32N2O. The molecule has 0 aromatic heterocycles. The Bertz CT molecular complexity index is 275. The Labute approximate surface area is 119 Å². The summed E-state index contributed by atoms with van der Waals surface area (Å²) in [6.45, 7) is 11.9. The number of hydrogen-bond acceptors (Lipinski definition) is 2. The van der Waals surface area contributed by atoms with E-state index in [4.69, 9.17) is 0 Å². The van der Waals surface area contributed by atoms with Gasteiger partial charge in [-0.15, -0.1) is 0 Å². The molecule has 0 spiro atoms. The maximum Gasteiger partial charge on any atom is 0.222 e. The van der Waals surface area contributed by atoms with E-state index in [2.05, 4.69) is 37.9 Å². The highest BCUT2D eigenvalue weighted by molar-refractivity contribution is 5.76. The molecule has 1 rings (SSSR count). The molecule has 1 aliphatic rings. The van der Waals surface area contributed by atoms with Gasteiger partial charge in [0.05, 0.1) is 0 Å². The second-order valence-corrected chi connectivity index (χ2v) is 7.46. The van der Waals surface area contributed by atoms with Gasteiger partial charge in [-0.2, -0.15) is 0 Å². The van der Waals surface area contributed by atoms with Crippen LogP contribution in [0.1, 0.15) is 53.4 Å². The first-order valence-electron chi connectivity index (χ1n) is 7.74. The third-order valence-electron chi connectivity index (χ3n) is 3.94. The monoisotopic (exact) mass is 268 g/mol. The molecule has 3 nitrogen and oxygen atoms in total. The van der Waals surface area contributed by atoms with Crippen molar-refractivity contribution < 1.29 is 4.79 Å². The molecule has 1 saturated heterocycles. The molecule has 0 aliphatic carbocycles. The molecule has 1 atom stereocenters. The van der Waals surface area contributed by atoms with Crippen LogP contribution in [0.25, 0.3) is 0 Å². The van der Waals surface area contributed by atoms with E-state index in [9.17, 15) is 4.79 Å². The molecule has 1 fully saturated rings. The number of amides is 1. The van der Waals surface area contributed by atoms with Crippen LogP contribution >= 0.6 is 0 Å². The number of nitrogens with zero attached hydrogens (tertiary/aromatic N) is 1. The van der Waals surface area contributed by atoms with Gasteiger partial charge in [0.25, 0.3) is 0 Å². The minimum absolute atomic E-state index is 0.319. The molecule has 1 aliphatic heterocycles. The Balaban J connectivity index is 2.31. The summed E-state index contributed by atoms with van der Waals surface area (Å²) in [4.78, 5) is 14.3. The van der Waals surface area contributed by atoms with Crippen LogP contribution < -0.4 is 5.32 Å². The summed E-state index contributed by atoms with van der Waals surface area (Å²) >= 11 is 0. The lowest BCUT2D eigenvalue weighted by Gasteiger charge is -2.33. The molecule has 3 heteroatoms. The molecular weight excluding hydrogens is 236 g/mol. The van der Waals surface area contributed by atoms with Gasteiger partial charge in [-0.25, -0.2) is 0 Å². The summed E-state index contributed by atoms with van der Waals surface area (Å²) in [7, 11) is 2.01. The molecule has 1 N–H and O–H groups in total. The second-order valence-electron chi connectivity index (χ2n) is 7.46. The average molecular weight is 268 g/mol. The van der Waals surface area contributed by atoms with Gasteiger partial charge in [-0.3, -0.25) is 4.79 Å². The Morgan fingerprint density at radius 3 is 2.37 bits per heavy atom. The molecule has 0 aromatic rings. The first-order valence-corrected chi connectivity index (χ1v) is 7.74. The third kappa shape index (κ3) is 6.42. The van der Waals surface area contributed by atoms with E-state index < -0.39 is 0 Å². The number of likely N-dealkylation sites (tertiary alicyclic amines) is 1. The second kappa shape index (κ2) is 7.28. The summed E-state index contributed by atoms with van der Waals surface area (Å²) < 4.78 is 0. The average Bonchev–Trinajstić information content (AvgIpc) is 2.27. The van der Waals surface area contributed by atoms with Crippen molar-refractivity contribution in [1.29, 1.82) is 0 Å². The molecule has 1 heterocycles. The lowest BCUT2D eigenvalue weighted by Crippen LogP contribution is -2.41. The molecule has 1 unspecified atom stereocenters. The quantitative estimate of drug-likeness (QED) is 0.831. The Hall–Kier alpha value is -0.570.